The van der Waals surface area contributed by atoms with Gasteiger partial charge in [0.05, 0.1) is 5.70 Å². The first-order valence-corrected chi connectivity index (χ1v) is 11.1. The van der Waals surface area contributed by atoms with Crippen LogP contribution in [0.4, 0.5) is 0 Å². The zero-order chi connectivity index (χ0) is 19.7. The number of carbonyl (C=O) groups is 2. The maximum atomic E-state index is 11.8. The monoisotopic (exact) mass is 373 g/mol. The van der Waals surface area contributed by atoms with Crippen LogP contribution in [0.15, 0.2) is 35.6 Å². The van der Waals surface area contributed by atoms with Gasteiger partial charge in [-0.3, -0.25) is 9.59 Å². The number of carbonyl (C=O) groups excluding carboxylic acids is 2. The minimum Gasteiger partial charge on any atom is -0.395 e. The highest BCUT2D eigenvalue weighted by atomic mass is 16.1. The topological polar surface area (TPSA) is 60.2 Å². The molecule has 0 unspecified atom stereocenters. The van der Waals surface area contributed by atoms with Crippen LogP contribution in [-0.4, -0.2) is 11.6 Å². The first-order valence-electron chi connectivity index (χ1n) is 11.1. The maximum absolute atomic E-state index is 11.8. The Kier molecular flexibility index (Phi) is 13.4. The molecule has 0 spiro atoms. The molecule has 1 aliphatic carbocycles. The molecule has 1 aliphatic rings. The van der Waals surface area contributed by atoms with E-state index in [2.05, 4.69) is 19.1 Å². The fourth-order valence-corrected chi connectivity index (χ4v) is 3.43. The Hall–Kier alpha value is -1.64. The second-order valence-corrected chi connectivity index (χ2v) is 7.64. The highest BCUT2D eigenvalue weighted by Crippen LogP contribution is 2.18. The van der Waals surface area contributed by atoms with Crippen molar-refractivity contribution in [2.75, 3.05) is 0 Å². The molecule has 27 heavy (non-hydrogen) atoms. The minimum atomic E-state index is -0.228. The third-order valence-electron chi connectivity index (χ3n) is 5.21. The summed E-state index contributed by atoms with van der Waals surface area (Å²) in [6, 6.07) is 0. The van der Waals surface area contributed by atoms with E-state index >= 15 is 0 Å². The minimum absolute atomic E-state index is 0.0974. The molecule has 0 heterocycles. The Labute approximate surface area is 166 Å². The highest BCUT2D eigenvalue weighted by molar-refractivity contribution is 6.19. The first kappa shape index (κ1) is 23.4. The molecule has 0 saturated carbocycles. The van der Waals surface area contributed by atoms with Crippen molar-refractivity contribution in [2.24, 2.45) is 5.73 Å². The summed E-state index contributed by atoms with van der Waals surface area (Å²) >= 11 is 0. The van der Waals surface area contributed by atoms with Gasteiger partial charge in [-0.1, -0.05) is 76.9 Å². The summed E-state index contributed by atoms with van der Waals surface area (Å²) in [4.78, 5) is 23.3. The molecule has 0 aromatic rings. The van der Waals surface area contributed by atoms with E-state index < -0.39 is 0 Å². The Morgan fingerprint density at radius 3 is 1.78 bits per heavy atom. The van der Waals surface area contributed by atoms with Gasteiger partial charge in [0.2, 0.25) is 5.78 Å². The summed E-state index contributed by atoms with van der Waals surface area (Å²) in [5.41, 5.74) is 6.39. The van der Waals surface area contributed by atoms with Crippen LogP contribution in [0.1, 0.15) is 103 Å². The van der Waals surface area contributed by atoms with E-state index in [1.165, 1.54) is 89.2 Å². The van der Waals surface area contributed by atoms with Gasteiger partial charge in [-0.15, -0.1) is 0 Å². The first-order chi connectivity index (χ1) is 13.2. The van der Waals surface area contributed by atoms with Gasteiger partial charge in [0.1, 0.15) is 0 Å². The maximum Gasteiger partial charge on any atom is 0.202 e. The summed E-state index contributed by atoms with van der Waals surface area (Å²) < 4.78 is 0. The third-order valence-corrected chi connectivity index (χ3v) is 5.21. The van der Waals surface area contributed by atoms with Crippen molar-refractivity contribution in [3.63, 3.8) is 0 Å². The second kappa shape index (κ2) is 15.4. The van der Waals surface area contributed by atoms with Crippen molar-refractivity contribution in [1.29, 1.82) is 0 Å². The predicted molar refractivity (Wildman–Crippen MR) is 114 cm³/mol. The lowest BCUT2D eigenvalue weighted by Gasteiger charge is -2.10. The lowest BCUT2D eigenvalue weighted by atomic mass is 9.95. The molecule has 0 fully saturated rings. The number of unbranched alkanes of at least 4 members (excludes halogenated alkanes) is 12. The zero-order valence-electron chi connectivity index (χ0n) is 17.3. The smallest absolute Gasteiger partial charge is 0.202 e. The predicted octanol–water partition coefficient (Wildman–Crippen LogP) is 6.33. The summed E-state index contributed by atoms with van der Waals surface area (Å²) in [6.45, 7) is 2.26. The van der Waals surface area contributed by atoms with E-state index in [4.69, 9.17) is 5.73 Å². The lowest BCUT2D eigenvalue weighted by Crippen LogP contribution is -2.20. The van der Waals surface area contributed by atoms with Crippen LogP contribution in [0.3, 0.4) is 0 Å². The Morgan fingerprint density at radius 2 is 1.19 bits per heavy atom. The molecule has 3 heteroatoms. The molecule has 0 radical (unpaired) electrons. The van der Waals surface area contributed by atoms with Crippen LogP contribution in [0, 0.1) is 0 Å². The van der Waals surface area contributed by atoms with Gasteiger partial charge in [0.25, 0.3) is 0 Å². The van der Waals surface area contributed by atoms with Crippen molar-refractivity contribution >= 4 is 11.6 Å². The molecular formula is C24H39NO2. The van der Waals surface area contributed by atoms with Crippen LogP contribution in [0.2, 0.25) is 0 Å². The van der Waals surface area contributed by atoms with E-state index in [1.54, 1.807) is 0 Å². The molecule has 3 nitrogen and oxygen atoms in total. The number of ketones is 2. The van der Waals surface area contributed by atoms with Crippen LogP contribution < -0.4 is 5.73 Å². The lowest BCUT2D eigenvalue weighted by molar-refractivity contribution is -0.115. The molecule has 1 rings (SSSR count). The van der Waals surface area contributed by atoms with Crippen LogP contribution >= 0.6 is 0 Å². The average Bonchev–Trinajstić information content (AvgIpc) is 2.67. The molecule has 0 aromatic heterocycles. The Balaban J connectivity index is 1.91. The van der Waals surface area contributed by atoms with Crippen LogP contribution in [0.5, 0.6) is 0 Å². The van der Waals surface area contributed by atoms with E-state index in [1.807, 2.05) is 0 Å². The quantitative estimate of drug-likeness (QED) is 0.195. The van der Waals surface area contributed by atoms with E-state index in [-0.39, 0.29) is 17.3 Å². The number of allylic oxidation sites excluding steroid dienone is 5. The molecule has 0 aromatic carbocycles. The van der Waals surface area contributed by atoms with Crippen LogP contribution in [0.25, 0.3) is 0 Å². The van der Waals surface area contributed by atoms with E-state index in [0.717, 1.165) is 12.8 Å². The van der Waals surface area contributed by atoms with E-state index in [9.17, 15) is 9.59 Å². The summed E-state index contributed by atoms with van der Waals surface area (Å²) in [7, 11) is 0. The summed E-state index contributed by atoms with van der Waals surface area (Å²) in [5.74, 6) is -0.325. The normalized spacial score (nSPS) is 14.7. The van der Waals surface area contributed by atoms with Gasteiger partial charge in [0, 0.05) is 5.57 Å². The third kappa shape index (κ3) is 10.9. The van der Waals surface area contributed by atoms with Gasteiger partial charge in [-0.05, 0) is 50.7 Å². The summed E-state index contributed by atoms with van der Waals surface area (Å²) in [5, 5.41) is 0. The van der Waals surface area contributed by atoms with Crippen molar-refractivity contribution in [1.82, 2.24) is 0 Å². The number of hydrogen-bond acceptors (Lipinski definition) is 3. The molecule has 2 N–H and O–H groups in total. The molecule has 0 amide bonds. The van der Waals surface area contributed by atoms with Gasteiger partial charge in [0.15, 0.2) is 5.78 Å². The fourth-order valence-electron chi connectivity index (χ4n) is 3.43. The van der Waals surface area contributed by atoms with E-state index in [0.29, 0.717) is 12.0 Å². The largest absolute Gasteiger partial charge is 0.395 e. The second-order valence-electron chi connectivity index (χ2n) is 7.64. The number of rotatable bonds is 16. The Morgan fingerprint density at radius 1 is 0.704 bits per heavy atom. The molecule has 152 valence electrons. The van der Waals surface area contributed by atoms with Gasteiger partial charge in [-0.25, -0.2) is 0 Å². The van der Waals surface area contributed by atoms with Crippen molar-refractivity contribution in [2.45, 2.75) is 103 Å². The number of nitrogens with two attached hydrogens (primary N) is 1. The molecule has 0 atom stereocenters. The number of hydrogen-bond donors (Lipinski definition) is 1. The van der Waals surface area contributed by atoms with Crippen molar-refractivity contribution < 1.29 is 9.59 Å². The van der Waals surface area contributed by atoms with Gasteiger partial charge >= 0.3 is 0 Å². The standard InChI is InChI=1S/C24H39NO2/c1-2-3-4-5-6-7-8-9-10-11-12-13-14-15-16-17-18-21-22(26)19-20-23(27)24(21)25/h9-10,19-20H,2-8,11-18,25H2,1H3/b10-9-. The van der Waals surface area contributed by atoms with Gasteiger partial charge < -0.3 is 5.73 Å². The fraction of sp³-hybridized carbons (Fsp3) is 0.667. The summed E-state index contributed by atoms with van der Waals surface area (Å²) in [6.07, 6.45) is 25.6. The highest BCUT2D eigenvalue weighted by Gasteiger charge is 2.19. The molecular weight excluding hydrogens is 334 g/mol. The van der Waals surface area contributed by atoms with Crippen LogP contribution in [-0.2, 0) is 9.59 Å². The molecule has 0 aliphatic heterocycles. The molecule has 0 bridgehead atoms. The van der Waals surface area contributed by atoms with Gasteiger partial charge in [-0.2, -0.15) is 0 Å². The average molecular weight is 374 g/mol. The van der Waals surface area contributed by atoms with Crippen molar-refractivity contribution in [3.8, 4) is 0 Å². The zero-order valence-corrected chi connectivity index (χ0v) is 17.3. The van der Waals surface area contributed by atoms with Crippen molar-refractivity contribution in [3.05, 3.63) is 35.6 Å². The Bertz CT molecular complexity index is 528. The SMILES string of the molecule is CCCCCCCC/C=C\CCCCCCCCC1=C(N)C(=O)C=CC1=O. The molecule has 0 saturated heterocycles.